The Hall–Kier alpha value is -2.33. The van der Waals surface area contributed by atoms with Gasteiger partial charge in [-0.15, -0.1) is 0 Å². The molecule has 2 aromatic carbocycles. The first-order chi connectivity index (χ1) is 10.1. The van der Waals surface area contributed by atoms with Gasteiger partial charge in [-0.3, -0.25) is 0 Å². The second kappa shape index (κ2) is 6.90. The van der Waals surface area contributed by atoms with Crippen LogP contribution in [0.3, 0.4) is 0 Å². The van der Waals surface area contributed by atoms with E-state index in [0.29, 0.717) is 18.1 Å². The van der Waals surface area contributed by atoms with Crippen LogP contribution in [0.15, 0.2) is 42.5 Å². The number of rotatable bonds is 6. The van der Waals surface area contributed by atoms with Crippen molar-refractivity contribution in [3.63, 3.8) is 0 Å². The van der Waals surface area contributed by atoms with Gasteiger partial charge in [0.05, 0.1) is 6.61 Å². The van der Waals surface area contributed by atoms with Crippen molar-refractivity contribution < 1.29 is 19.4 Å². The van der Waals surface area contributed by atoms with E-state index in [-0.39, 0.29) is 5.56 Å². The van der Waals surface area contributed by atoms with Gasteiger partial charge in [0.25, 0.3) is 0 Å². The van der Waals surface area contributed by atoms with Gasteiger partial charge in [0, 0.05) is 7.11 Å². The number of carbonyl (C=O) groups is 1. The van der Waals surface area contributed by atoms with Gasteiger partial charge in [0.15, 0.2) is 0 Å². The number of ether oxygens (including phenoxy) is 2. The average molecular weight is 286 g/mol. The summed E-state index contributed by atoms with van der Waals surface area (Å²) < 4.78 is 10.7. The normalized spacial score (nSPS) is 10.4. The van der Waals surface area contributed by atoms with Gasteiger partial charge < -0.3 is 14.6 Å². The van der Waals surface area contributed by atoms with E-state index < -0.39 is 5.97 Å². The fourth-order valence-corrected chi connectivity index (χ4v) is 1.96. The summed E-state index contributed by atoms with van der Waals surface area (Å²) in [5.74, 6) is -0.0295. The van der Waals surface area contributed by atoms with Crippen LogP contribution in [0.25, 0.3) is 0 Å². The summed E-state index contributed by atoms with van der Waals surface area (Å²) in [6.07, 6.45) is 0.835. The maximum absolute atomic E-state index is 11.2. The molecule has 0 amide bonds. The van der Waals surface area contributed by atoms with Crippen LogP contribution in [0.4, 0.5) is 0 Å². The van der Waals surface area contributed by atoms with Crippen LogP contribution in [-0.2, 0) is 11.2 Å². The molecule has 0 radical (unpaired) electrons. The molecular formula is C17H18O4. The summed E-state index contributed by atoms with van der Waals surface area (Å²) in [6.45, 7) is 2.56. The zero-order chi connectivity index (χ0) is 15.2. The highest BCUT2D eigenvalue weighted by molar-refractivity contribution is 5.91. The van der Waals surface area contributed by atoms with Gasteiger partial charge in [-0.05, 0) is 48.7 Å². The van der Waals surface area contributed by atoms with E-state index in [1.54, 1.807) is 25.3 Å². The number of benzene rings is 2. The van der Waals surface area contributed by atoms with Crippen LogP contribution in [0.1, 0.15) is 21.5 Å². The molecule has 0 saturated heterocycles. The molecule has 0 aliphatic heterocycles. The van der Waals surface area contributed by atoms with Crippen molar-refractivity contribution in [2.45, 2.75) is 13.3 Å². The topological polar surface area (TPSA) is 55.8 Å². The predicted octanol–water partition coefficient (Wildman–Crippen LogP) is 3.67. The summed E-state index contributed by atoms with van der Waals surface area (Å²) in [6, 6.07) is 12.6. The Labute approximate surface area is 123 Å². The highest BCUT2D eigenvalue weighted by Crippen LogP contribution is 2.27. The van der Waals surface area contributed by atoms with E-state index in [1.165, 1.54) is 0 Å². The van der Waals surface area contributed by atoms with Crippen molar-refractivity contribution in [2.24, 2.45) is 0 Å². The number of aryl methyl sites for hydroxylation is 1. The zero-order valence-electron chi connectivity index (χ0n) is 12.1. The lowest BCUT2D eigenvalue weighted by Crippen LogP contribution is -2.00. The molecule has 0 spiro atoms. The van der Waals surface area contributed by atoms with E-state index in [0.717, 1.165) is 17.5 Å². The smallest absolute Gasteiger partial charge is 0.339 e. The van der Waals surface area contributed by atoms with Gasteiger partial charge >= 0.3 is 5.97 Å². The average Bonchev–Trinajstić information content (AvgIpc) is 2.46. The number of hydrogen-bond donors (Lipinski definition) is 1. The van der Waals surface area contributed by atoms with Gasteiger partial charge in [-0.25, -0.2) is 4.79 Å². The number of methoxy groups -OCH3 is 1. The molecule has 0 unspecified atom stereocenters. The molecule has 0 aliphatic rings. The second-order valence-corrected chi connectivity index (χ2v) is 4.79. The van der Waals surface area contributed by atoms with E-state index >= 15 is 0 Å². The maximum Gasteiger partial charge on any atom is 0.339 e. The van der Waals surface area contributed by atoms with Crippen molar-refractivity contribution in [3.05, 3.63) is 59.2 Å². The summed E-state index contributed by atoms with van der Waals surface area (Å²) >= 11 is 0. The molecule has 110 valence electrons. The largest absolute Gasteiger partial charge is 0.478 e. The van der Waals surface area contributed by atoms with Crippen LogP contribution < -0.4 is 4.74 Å². The highest BCUT2D eigenvalue weighted by Gasteiger charge is 2.12. The summed E-state index contributed by atoms with van der Waals surface area (Å²) in [4.78, 5) is 11.2. The standard InChI is InChI=1S/C17H18O4/c1-12-3-8-15(17(18)19)16(11-12)21-14-6-4-13(5-7-14)9-10-20-2/h3-8,11H,9-10H2,1-2H3,(H,18,19). The van der Waals surface area contributed by atoms with E-state index in [9.17, 15) is 9.90 Å². The summed E-state index contributed by atoms with van der Waals surface area (Å²) in [7, 11) is 1.67. The Balaban J connectivity index is 2.18. The third-order valence-electron chi connectivity index (χ3n) is 3.11. The Bertz CT molecular complexity index is 617. The van der Waals surface area contributed by atoms with E-state index in [1.807, 2.05) is 31.2 Å². The second-order valence-electron chi connectivity index (χ2n) is 4.79. The fraction of sp³-hybridized carbons (Fsp3) is 0.235. The molecule has 2 aromatic rings. The molecule has 1 N–H and O–H groups in total. The van der Waals surface area contributed by atoms with Gasteiger partial charge in [0.1, 0.15) is 17.1 Å². The van der Waals surface area contributed by atoms with Crippen LogP contribution >= 0.6 is 0 Å². The fourth-order valence-electron chi connectivity index (χ4n) is 1.96. The first kappa shape index (κ1) is 15.1. The van der Waals surface area contributed by atoms with Crippen LogP contribution in [-0.4, -0.2) is 24.8 Å². The van der Waals surface area contributed by atoms with Crippen molar-refractivity contribution in [2.75, 3.05) is 13.7 Å². The Kier molecular flexibility index (Phi) is 4.95. The first-order valence-electron chi connectivity index (χ1n) is 6.70. The minimum Gasteiger partial charge on any atom is -0.478 e. The lowest BCUT2D eigenvalue weighted by atomic mass is 10.1. The van der Waals surface area contributed by atoms with Crippen molar-refractivity contribution in [3.8, 4) is 11.5 Å². The third-order valence-corrected chi connectivity index (χ3v) is 3.11. The van der Waals surface area contributed by atoms with Crippen molar-refractivity contribution in [1.82, 2.24) is 0 Å². The van der Waals surface area contributed by atoms with Crippen molar-refractivity contribution in [1.29, 1.82) is 0 Å². The van der Waals surface area contributed by atoms with Gasteiger partial charge in [-0.1, -0.05) is 18.2 Å². The summed E-state index contributed by atoms with van der Waals surface area (Å²) in [5, 5.41) is 9.18. The molecule has 0 saturated carbocycles. The third kappa shape index (κ3) is 4.07. The minimum atomic E-state index is -0.998. The minimum absolute atomic E-state index is 0.157. The number of carboxylic acid groups (broad SMARTS) is 1. The van der Waals surface area contributed by atoms with Crippen molar-refractivity contribution >= 4 is 5.97 Å². The van der Waals surface area contributed by atoms with E-state index in [4.69, 9.17) is 9.47 Å². The Morgan fingerprint density at radius 2 is 1.86 bits per heavy atom. The lowest BCUT2D eigenvalue weighted by molar-refractivity contribution is 0.0694. The molecule has 0 aromatic heterocycles. The highest BCUT2D eigenvalue weighted by atomic mass is 16.5. The zero-order valence-corrected chi connectivity index (χ0v) is 12.1. The van der Waals surface area contributed by atoms with Crippen LogP contribution in [0.5, 0.6) is 11.5 Å². The molecule has 0 atom stereocenters. The molecule has 4 nitrogen and oxygen atoms in total. The SMILES string of the molecule is COCCc1ccc(Oc2cc(C)ccc2C(=O)O)cc1. The summed E-state index contributed by atoms with van der Waals surface area (Å²) in [5.41, 5.74) is 2.25. The lowest BCUT2D eigenvalue weighted by Gasteiger charge is -2.10. The first-order valence-corrected chi connectivity index (χ1v) is 6.70. The molecule has 4 heteroatoms. The molecule has 0 heterocycles. The Morgan fingerprint density at radius 1 is 1.14 bits per heavy atom. The van der Waals surface area contributed by atoms with Gasteiger partial charge in [-0.2, -0.15) is 0 Å². The monoisotopic (exact) mass is 286 g/mol. The predicted molar refractivity (Wildman–Crippen MR) is 80.2 cm³/mol. The van der Waals surface area contributed by atoms with Gasteiger partial charge in [0.2, 0.25) is 0 Å². The molecular weight excluding hydrogens is 268 g/mol. The van der Waals surface area contributed by atoms with Crippen LogP contribution in [0.2, 0.25) is 0 Å². The molecule has 0 bridgehead atoms. The molecule has 0 fully saturated rings. The number of aromatic carboxylic acids is 1. The Morgan fingerprint density at radius 3 is 2.48 bits per heavy atom. The molecule has 21 heavy (non-hydrogen) atoms. The molecule has 2 rings (SSSR count). The maximum atomic E-state index is 11.2. The molecule has 0 aliphatic carbocycles. The number of hydrogen-bond acceptors (Lipinski definition) is 3. The quantitative estimate of drug-likeness (QED) is 0.880. The number of carboxylic acids is 1. The van der Waals surface area contributed by atoms with E-state index in [2.05, 4.69) is 0 Å². The van der Waals surface area contributed by atoms with Crippen LogP contribution in [0, 0.1) is 6.92 Å².